The first-order valence-electron chi connectivity index (χ1n) is 6.56. The molecule has 0 aliphatic carbocycles. The van der Waals surface area contributed by atoms with Crippen LogP contribution in [0.5, 0.6) is 0 Å². The normalized spacial score (nSPS) is 20.5. The summed E-state index contributed by atoms with van der Waals surface area (Å²) in [5.41, 5.74) is 5.27. The minimum atomic E-state index is 0.176. The van der Waals surface area contributed by atoms with Crippen molar-refractivity contribution in [2.24, 2.45) is 7.05 Å². The molecule has 1 aromatic heterocycles. The highest BCUT2D eigenvalue weighted by molar-refractivity contribution is 5.87. The van der Waals surface area contributed by atoms with Gasteiger partial charge in [0.15, 0.2) is 0 Å². The summed E-state index contributed by atoms with van der Waals surface area (Å²) < 4.78 is 8.16. The molecule has 0 bridgehead atoms. The molecule has 2 heterocycles. The molecular formula is C15H20N2O. The molecule has 3 nitrogen and oxygen atoms in total. The summed E-state index contributed by atoms with van der Waals surface area (Å²) in [6, 6.07) is 6.68. The number of fused-ring (bicyclic) bond motifs is 1. The highest BCUT2D eigenvalue weighted by Gasteiger charge is 2.20. The lowest BCUT2D eigenvalue weighted by Crippen LogP contribution is -2.34. The molecule has 1 atom stereocenters. The van der Waals surface area contributed by atoms with Crippen molar-refractivity contribution in [3.05, 3.63) is 35.0 Å². The van der Waals surface area contributed by atoms with Crippen LogP contribution < -0.4 is 5.32 Å². The van der Waals surface area contributed by atoms with E-state index in [-0.39, 0.29) is 6.10 Å². The molecule has 0 saturated carbocycles. The fourth-order valence-corrected chi connectivity index (χ4v) is 2.88. The SMILES string of the molecule is Cc1ccc(C)c2c1cc(C1CNCCO1)n2C. The Morgan fingerprint density at radius 3 is 2.72 bits per heavy atom. The fourth-order valence-electron chi connectivity index (χ4n) is 2.88. The zero-order valence-electron chi connectivity index (χ0n) is 11.3. The molecule has 1 aromatic carbocycles. The van der Waals surface area contributed by atoms with E-state index in [1.54, 1.807) is 0 Å². The molecule has 18 heavy (non-hydrogen) atoms. The van der Waals surface area contributed by atoms with Gasteiger partial charge in [-0.2, -0.15) is 0 Å². The van der Waals surface area contributed by atoms with Gasteiger partial charge in [0.1, 0.15) is 6.10 Å². The Kier molecular flexibility index (Phi) is 2.88. The highest BCUT2D eigenvalue weighted by Crippen LogP contribution is 2.30. The summed E-state index contributed by atoms with van der Waals surface area (Å²) in [4.78, 5) is 0. The summed E-state index contributed by atoms with van der Waals surface area (Å²) >= 11 is 0. The van der Waals surface area contributed by atoms with Crippen LogP contribution in [-0.4, -0.2) is 24.3 Å². The van der Waals surface area contributed by atoms with E-state index in [0.717, 1.165) is 19.7 Å². The number of hydrogen-bond donors (Lipinski definition) is 1. The summed E-state index contributed by atoms with van der Waals surface area (Å²) in [7, 11) is 2.14. The average molecular weight is 244 g/mol. The second-order valence-corrected chi connectivity index (χ2v) is 5.15. The molecular weight excluding hydrogens is 224 g/mol. The van der Waals surface area contributed by atoms with Crippen LogP contribution in [0.2, 0.25) is 0 Å². The molecule has 1 fully saturated rings. The van der Waals surface area contributed by atoms with Gasteiger partial charge >= 0.3 is 0 Å². The first kappa shape index (κ1) is 11.8. The second kappa shape index (κ2) is 4.41. The topological polar surface area (TPSA) is 26.2 Å². The van der Waals surface area contributed by atoms with Crippen LogP contribution in [-0.2, 0) is 11.8 Å². The first-order valence-corrected chi connectivity index (χ1v) is 6.56. The van der Waals surface area contributed by atoms with Gasteiger partial charge in [0.2, 0.25) is 0 Å². The molecule has 0 spiro atoms. The number of morpholine rings is 1. The van der Waals surface area contributed by atoms with E-state index in [2.05, 4.69) is 49.0 Å². The van der Waals surface area contributed by atoms with Crippen molar-refractivity contribution in [3.63, 3.8) is 0 Å². The Bertz CT molecular complexity index is 580. The maximum Gasteiger partial charge on any atom is 0.110 e. The van der Waals surface area contributed by atoms with Gasteiger partial charge in [0.25, 0.3) is 0 Å². The van der Waals surface area contributed by atoms with E-state index >= 15 is 0 Å². The summed E-state index contributed by atoms with van der Waals surface area (Å²) in [5.74, 6) is 0. The number of aromatic nitrogens is 1. The first-order chi connectivity index (χ1) is 8.68. The van der Waals surface area contributed by atoms with Crippen LogP contribution in [0.1, 0.15) is 22.9 Å². The zero-order valence-corrected chi connectivity index (χ0v) is 11.3. The minimum Gasteiger partial charge on any atom is -0.369 e. The molecule has 96 valence electrons. The molecule has 2 aromatic rings. The van der Waals surface area contributed by atoms with E-state index in [0.29, 0.717) is 0 Å². The van der Waals surface area contributed by atoms with Crippen LogP contribution in [0, 0.1) is 13.8 Å². The van der Waals surface area contributed by atoms with E-state index in [4.69, 9.17) is 4.74 Å². The Balaban J connectivity index is 2.16. The van der Waals surface area contributed by atoms with Crippen molar-refractivity contribution in [2.45, 2.75) is 20.0 Å². The van der Waals surface area contributed by atoms with Gasteiger partial charge in [-0.05, 0) is 31.0 Å². The lowest BCUT2D eigenvalue weighted by Gasteiger charge is -2.24. The monoisotopic (exact) mass is 244 g/mol. The number of ether oxygens (including phenoxy) is 1. The van der Waals surface area contributed by atoms with E-state index < -0.39 is 0 Å². The number of rotatable bonds is 1. The number of benzene rings is 1. The van der Waals surface area contributed by atoms with Crippen LogP contribution in [0.15, 0.2) is 18.2 Å². The Morgan fingerprint density at radius 2 is 2.06 bits per heavy atom. The maximum atomic E-state index is 5.87. The maximum absolute atomic E-state index is 5.87. The molecule has 1 unspecified atom stereocenters. The smallest absolute Gasteiger partial charge is 0.110 e. The molecule has 0 amide bonds. The number of nitrogens with zero attached hydrogens (tertiary/aromatic N) is 1. The van der Waals surface area contributed by atoms with Gasteiger partial charge in [-0.25, -0.2) is 0 Å². The third-order valence-corrected chi connectivity index (χ3v) is 3.91. The van der Waals surface area contributed by atoms with Gasteiger partial charge in [-0.3, -0.25) is 0 Å². The van der Waals surface area contributed by atoms with Gasteiger partial charge in [0, 0.05) is 31.2 Å². The molecule has 1 aliphatic rings. The Hall–Kier alpha value is -1.32. The van der Waals surface area contributed by atoms with Gasteiger partial charge in [-0.15, -0.1) is 0 Å². The van der Waals surface area contributed by atoms with Crippen LogP contribution in [0.4, 0.5) is 0 Å². The third-order valence-electron chi connectivity index (χ3n) is 3.91. The molecule has 1 aliphatic heterocycles. The Labute approximate surface area is 108 Å². The second-order valence-electron chi connectivity index (χ2n) is 5.15. The van der Waals surface area contributed by atoms with Gasteiger partial charge < -0.3 is 14.6 Å². The predicted octanol–water partition coefficient (Wildman–Crippen LogP) is 2.46. The predicted molar refractivity (Wildman–Crippen MR) is 74.0 cm³/mol. The van der Waals surface area contributed by atoms with Gasteiger partial charge in [-0.1, -0.05) is 12.1 Å². The van der Waals surface area contributed by atoms with Crippen molar-refractivity contribution in [2.75, 3.05) is 19.7 Å². The number of nitrogens with one attached hydrogen (secondary N) is 1. The van der Waals surface area contributed by atoms with E-state index in [9.17, 15) is 0 Å². The Morgan fingerprint density at radius 1 is 1.28 bits per heavy atom. The minimum absolute atomic E-state index is 0.176. The van der Waals surface area contributed by atoms with Crippen molar-refractivity contribution in [3.8, 4) is 0 Å². The highest BCUT2D eigenvalue weighted by atomic mass is 16.5. The number of aryl methyl sites for hydroxylation is 3. The lowest BCUT2D eigenvalue weighted by molar-refractivity contribution is 0.0236. The molecule has 0 radical (unpaired) electrons. The standard InChI is InChI=1S/C15H20N2O/c1-10-4-5-11(2)15-12(10)8-13(17(15)3)14-9-16-6-7-18-14/h4-5,8,14,16H,6-7,9H2,1-3H3. The molecule has 3 heteroatoms. The van der Waals surface area contributed by atoms with Crippen molar-refractivity contribution in [1.82, 2.24) is 9.88 Å². The van der Waals surface area contributed by atoms with Crippen molar-refractivity contribution < 1.29 is 4.74 Å². The molecule has 3 rings (SSSR count). The van der Waals surface area contributed by atoms with Crippen LogP contribution in [0.3, 0.4) is 0 Å². The van der Waals surface area contributed by atoms with Crippen LogP contribution in [0.25, 0.3) is 10.9 Å². The summed E-state index contributed by atoms with van der Waals surface area (Å²) in [5, 5.41) is 4.74. The molecule has 1 saturated heterocycles. The van der Waals surface area contributed by atoms with Crippen molar-refractivity contribution >= 4 is 10.9 Å². The number of hydrogen-bond acceptors (Lipinski definition) is 2. The lowest BCUT2D eigenvalue weighted by atomic mass is 10.1. The van der Waals surface area contributed by atoms with E-state index in [1.165, 1.54) is 27.7 Å². The molecule has 1 N–H and O–H groups in total. The quantitative estimate of drug-likeness (QED) is 0.834. The summed E-state index contributed by atoms with van der Waals surface area (Å²) in [6.07, 6.45) is 0.176. The average Bonchev–Trinajstić information content (AvgIpc) is 2.74. The zero-order chi connectivity index (χ0) is 12.7. The van der Waals surface area contributed by atoms with E-state index in [1.807, 2.05) is 0 Å². The fraction of sp³-hybridized carbons (Fsp3) is 0.467. The summed E-state index contributed by atoms with van der Waals surface area (Å²) in [6.45, 7) is 7.00. The van der Waals surface area contributed by atoms with Crippen LogP contribution >= 0.6 is 0 Å². The van der Waals surface area contributed by atoms with Gasteiger partial charge in [0.05, 0.1) is 12.1 Å². The largest absolute Gasteiger partial charge is 0.369 e. The third kappa shape index (κ3) is 1.74. The van der Waals surface area contributed by atoms with Crippen molar-refractivity contribution in [1.29, 1.82) is 0 Å².